The van der Waals surface area contributed by atoms with Gasteiger partial charge in [-0.05, 0) is 30.5 Å². The number of aromatic nitrogens is 2. The van der Waals surface area contributed by atoms with Crippen molar-refractivity contribution in [3.8, 4) is 0 Å². The minimum Gasteiger partial charge on any atom is -0.351 e. The highest BCUT2D eigenvalue weighted by Gasteiger charge is 2.07. The first kappa shape index (κ1) is 15.0. The Morgan fingerprint density at radius 2 is 1.90 bits per heavy atom. The molecule has 5 heteroatoms. The van der Waals surface area contributed by atoms with Crippen LogP contribution in [0.5, 0.6) is 0 Å². The van der Waals surface area contributed by atoms with E-state index in [-0.39, 0.29) is 5.91 Å². The van der Waals surface area contributed by atoms with Gasteiger partial charge in [0.25, 0.3) is 5.91 Å². The molecule has 0 saturated carbocycles. The van der Waals surface area contributed by atoms with Gasteiger partial charge in [-0.1, -0.05) is 26.0 Å². The van der Waals surface area contributed by atoms with Crippen molar-refractivity contribution in [2.75, 3.05) is 11.9 Å². The van der Waals surface area contributed by atoms with Crippen molar-refractivity contribution in [1.82, 2.24) is 15.3 Å². The molecule has 0 aliphatic heterocycles. The average Bonchev–Trinajstić information content (AvgIpc) is 2.53. The molecule has 1 amide bonds. The summed E-state index contributed by atoms with van der Waals surface area (Å²) in [5, 5.41) is 5.97. The monoisotopic (exact) mass is 284 g/mol. The summed E-state index contributed by atoms with van der Waals surface area (Å²) in [6, 6.07) is 9.78. The molecule has 2 N–H and O–H groups in total. The number of carbonyl (C=O) groups is 1. The Labute approximate surface area is 124 Å². The maximum absolute atomic E-state index is 11.9. The van der Waals surface area contributed by atoms with Crippen LogP contribution in [0.25, 0.3) is 0 Å². The van der Waals surface area contributed by atoms with Crippen molar-refractivity contribution in [2.24, 2.45) is 0 Å². The van der Waals surface area contributed by atoms with Gasteiger partial charge in [-0.2, -0.15) is 0 Å². The molecule has 21 heavy (non-hydrogen) atoms. The first-order chi connectivity index (χ1) is 10.2. The number of hydrogen-bond acceptors (Lipinski definition) is 4. The maximum atomic E-state index is 11.9. The number of nitrogens with zero attached hydrogens (tertiary/aromatic N) is 2. The molecular formula is C16H20N4O. The quantitative estimate of drug-likeness (QED) is 0.856. The summed E-state index contributed by atoms with van der Waals surface area (Å²) in [6.45, 7) is 4.77. The van der Waals surface area contributed by atoms with E-state index in [1.54, 1.807) is 6.07 Å². The SMILES string of the molecule is CCCNC(=O)c1cc(Nc2ccc(CC)cc2)ncn1. The van der Waals surface area contributed by atoms with Gasteiger partial charge in [0.1, 0.15) is 17.8 Å². The molecule has 2 rings (SSSR count). The fraction of sp³-hybridized carbons (Fsp3) is 0.312. The summed E-state index contributed by atoms with van der Waals surface area (Å²) in [5.74, 6) is 0.430. The van der Waals surface area contributed by atoms with Gasteiger partial charge >= 0.3 is 0 Å². The molecule has 0 bridgehead atoms. The summed E-state index contributed by atoms with van der Waals surface area (Å²) >= 11 is 0. The van der Waals surface area contributed by atoms with Gasteiger partial charge in [-0.15, -0.1) is 0 Å². The molecule has 0 radical (unpaired) electrons. The van der Waals surface area contributed by atoms with Crippen LogP contribution >= 0.6 is 0 Å². The smallest absolute Gasteiger partial charge is 0.270 e. The fourth-order valence-electron chi connectivity index (χ4n) is 1.85. The Morgan fingerprint density at radius 3 is 2.57 bits per heavy atom. The Bertz CT molecular complexity index is 595. The van der Waals surface area contributed by atoms with Gasteiger partial charge < -0.3 is 10.6 Å². The van der Waals surface area contributed by atoms with E-state index in [4.69, 9.17) is 0 Å². The van der Waals surface area contributed by atoms with E-state index in [1.165, 1.54) is 11.9 Å². The van der Waals surface area contributed by atoms with Crippen LogP contribution < -0.4 is 10.6 Å². The predicted molar refractivity (Wildman–Crippen MR) is 83.8 cm³/mol. The Hall–Kier alpha value is -2.43. The highest BCUT2D eigenvalue weighted by atomic mass is 16.1. The summed E-state index contributed by atoms with van der Waals surface area (Å²) in [4.78, 5) is 20.0. The van der Waals surface area contributed by atoms with E-state index in [2.05, 4.69) is 39.7 Å². The molecule has 1 heterocycles. The summed E-state index contributed by atoms with van der Waals surface area (Å²) in [6.07, 6.45) is 3.30. The summed E-state index contributed by atoms with van der Waals surface area (Å²) in [7, 11) is 0. The first-order valence-corrected chi connectivity index (χ1v) is 7.19. The maximum Gasteiger partial charge on any atom is 0.270 e. The van der Waals surface area contributed by atoms with Crippen LogP contribution in [0.4, 0.5) is 11.5 Å². The van der Waals surface area contributed by atoms with E-state index in [0.29, 0.717) is 18.1 Å². The molecule has 0 aliphatic carbocycles. The Balaban J connectivity index is 2.07. The summed E-state index contributed by atoms with van der Waals surface area (Å²) in [5.41, 5.74) is 2.58. The van der Waals surface area contributed by atoms with Crippen LogP contribution in [0.1, 0.15) is 36.3 Å². The number of aryl methyl sites for hydroxylation is 1. The Kier molecular flexibility index (Phi) is 5.26. The molecule has 1 aromatic heterocycles. The zero-order valence-electron chi connectivity index (χ0n) is 12.4. The zero-order chi connectivity index (χ0) is 15.1. The fourth-order valence-corrected chi connectivity index (χ4v) is 1.85. The van der Waals surface area contributed by atoms with Gasteiger partial charge in [0, 0.05) is 18.3 Å². The van der Waals surface area contributed by atoms with Gasteiger partial charge in [0.05, 0.1) is 0 Å². The minimum atomic E-state index is -0.177. The zero-order valence-corrected chi connectivity index (χ0v) is 12.4. The predicted octanol–water partition coefficient (Wildman–Crippen LogP) is 2.92. The highest BCUT2D eigenvalue weighted by Crippen LogP contribution is 2.15. The second-order valence-electron chi connectivity index (χ2n) is 4.72. The van der Waals surface area contributed by atoms with Crippen LogP contribution in [0.2, 0.25) is 0 Å². The number of rotatable bonds is 6. The molecule has 5 nitrogen and oxygen atoms in total. The van der Waals surface area contributed by atoms with Crippen LogP contribution in [0.15, 0.2) is 36.7 Å². The lowest BCUT2D eigenvalue weighted by Gasteiger charge is -2.08. The van der Waals surface area contributed by atoms with Crippen LogP contribution in [0, 0.1) is 0 Å². The van der Waals surface area contributed by atoms with Gasteiger partial charge in [0.2, 0.25) is 0 Å². The molecule has 2 aromatic rings. The lowest BCUT2D eigenvalue weighted by molar-refractivity contribution is 0.0948. The minimum absolute atomic E-state index is 0.177. The number of amides is 1. The molecule has 0 fully saturated rings. The van der Waals surface area contributed by atoms with Crippen molar-refractivity contribution < 1.29 is 4.79 Å². The number of nitrogens with one attached hydrogen (secondary N) is 2. The van der Waals surface area contributed by atoms with E-state index in [1.807, 2.05) is 19.1 Å². The van der Waals surface area contributed by atoms with Crippen LogP contribution in [-0.4, -0.2) is 22.4 Å². The molecule has 0 saturated heterocycles. The van der Waals surface area contributed by atoms with Gasteiger partial charge in [-0.3, -0.25) is 4.79 Å². The number of hydrogen-bond donors (Lipinski definition) is 2. The van der Waals surface area contributed by atoms with E-state index >= 15 is 0 Å². The first-order valence-electron chi connectivity index (χ1n) is 7.19. The standard InChI is InChI=1S/C16H20N4O/c1-3-9-17-16(21)14-10-15(19-11-18-14)20-13-7-5-12(4-2)6-8-13/h5-8,10-11H,3-4,9H2,1-2H3,(H,17,21)(H,18,19,20). The van der Waals surface area contributed by atoms with E-state index < -0.39 is 0 Å². The topological polar surface area (TPSA) is 66.9 Å². The van der Waals surface area contributed by atoms with Crippen molar-refractivity contribution in [2.45, 2.75) is 26.7 Å². The van der Waals surface area contributed by atoms with Gasteiger partial charge in [-0.25, -0.2) is 9.97 Å². The molecule has 0 unspecified atom stereocenters. The van der Waals surface area contributed by atoms with Crippen molar-refractivity contribution in [3.05, 3.63) is 47.9 Å². The summed E-state index contributed by atoms with van der Waals surface area (Å²) < 4.78 is 0. The second kappa shape index (κ2) is 7.38. The highest BCUT2D eigenvalue weighted by molar-refractivity contribution is 5.92. The lowest BCUT2D eigenvalue weighted by atomic mass is 10.1. The second-order valence-corrected chi connectivity index (χ2v) is 4.72. The third-order valence-electron chi connectivity index (χ3n) is 3.07. The Morgan fingerprint density at radius 1 is 1.14 bits per heavy atom. The molecule has 0 aliphatic rings. The molecule has 1 aromatic carbocycles. The normalized spacial score (nSPS) is 10.2. The molecule has 0 atom stereocenters. The van der Waals surface area contributed by atoms with E-state index in [9.17, 15) is 4.79 Å². The third kappa shape index (κ3) is 4.27. The van der Waals surface area contributed by atoms with E-state index in [0.717, 1.165) is 18.5 Å². The number of benzene rings is 1. The lowest BCUT2D eigenvalue weighted by Crippen LogP contribution is -2.25. The molecular weight excluding hydrogens is 264 g/mol. The van der Waals surface area contributed by atoms with Crippen molar-refractivity contribution >= 4 is 17.4 Å². The molecule has 0 spiro atoms. The van der Waals surface area contributed by atoms with Crippen LogP contribution in [0.3, 0.4) is 0 Å². The number of carbonyl (C=O) groups excluding carboxylic acids is 1. The van der Waals surface area contributed by atoms with Crippen molar-refractivity contribution in [3.63, 3.8) is 0 Å². The third-order valence-corrected chi connectivity index (χ3v) is 3.07. The van der Waals surface area contributed by atoms with Crippen molar-refractivity contribution in [1.29, 1.82) is 0 Å². The number of anilines is 2. The van der Waals surface area contributed by atoms with Gasteiger partial charge in [0.15, 0.2) is 0 Å². The average molecular weight is 284 g/mol. The largest absolute Gasteiger partial charge is 0.351 e. The van der Waals surface area contributed by atoms with Crippen LogP contribution in [-0.2, 0) is 6.42 Å². The molecule has 110 valence electrons.